The molecule has 0 spiro atoms. The monoisotopic (exact) mass is 76.1 g/mol. The summed E-state index contributed by atoms with van der Waals surface area (Å²) in [4.78, 5) is 0. The fourth-order valence-electron chi connectivity index (χ4n) is 0.255. The van der Waals surface area contributed by atoms with E-state index in [2.05, 4.69) is 4.74 Å². The van der Waals surface area contributed by atoms with Gasteiger partial charge in [0.1, 0.15) is 0 Å². The van der Waals surface area contributed by atoms with Gasteiger partial charge >= 0.3 is 0 Å². The highest BCUT2D eigenvalue weighted by molar-refractivity contribution is 4.43. The van der Waals surface area contributed by atoms with E-state index in [-0.39, 0.29) is 12.8 Å². The van der Waals surface area contributed by atoms with Gasteiger partial charge in [0.15, 0.2) is 0 Å². The van der Waals surface area contributed by atoms with Crippen LogP contribution in [-0.4, -0.2) is 13.1 Å². The Hall–Kier alpha value is -0.0400. The lowest BCUT2D eigenvalue weighted by atomic mass is 10.4. The van der Waals surface area contributed by atoms with Crippen LogP contribution in [0.15, 0.2) is 0 Å². The number of rotatable bonds is 0. The predicted octanol–water partition coefficient (Wildman–Crippen LogP) is 0.797. The third-order valence-corrected chi connectivity index (χ3v) is 0.473. The molecule has 30 valence electrons. The SMILES string of the molecule is [2H]C1([2H])CCC([2H])([2H])O1. The molecule has 1 nitrogen and oxygen atoms in total. The molecule has 0 aliphatic carbocycles. The second kappa shape index (κ2) is 1.41. The van der Waals surface area contributed by atoms with Gasteiger partial charge in [-0.15, -0.1) is 0 Å². The molecule has 0 bridgehead atoms. The van der Waals surface area contributed by atoms with E-state index in [1.54, 1.807) is 0 Å². The molecule has 0 aromatic carbocycles. The Morgan fingerprint density at radius 1 is 1.40 bits per heavy atom. The molecule has 0 amide bonds. The van der Waals surface area contributed by atoms with E-state index in [4.69, 9.17) is 5.48 Å². The molecule has 1 rings (SSSR count). The van der Waals surface area contributed by atoms with Crippen LogP contribution in [0.25, 0.3) is 0 Å². The Kier molecular flexibility index (Phi) is 0.273. The van der Waals surface area contributed by atoms with Crippen molar-refractivity contribution in [2.45, 2.75) is 12.8 Å². The van der Waals surface area contributed by atoms with Gasteiger partial charge in [-0.1, -0.05) is 0 Å². The lowest BCUT2D eigenvalue weighted by molar-refractivity contribution is 0.198. The minimum absolute atomic E-state index is 0.153. The van der Waals surface area contributed by atoms with Gasteiger partial charge in [0.25, 0.3) is 0 Å². The molecule has 0 radical (unpaired) electrons. The van der Waals surface area contributed by atoms with Gasteiger partial charge in [0, 0.05) is 13.1 Å². The standard InChI is InChI=1S/C4H8O/c1-2-4-5-3-1/h1-4H2/i3D2,4D2. The first-order valence-corrected chi connectivity index (χ1v) is 1.62. The van der Waals surface area contributed by atoms with Crippen LogP contribution in [0.3, 0.4) is 0 Å². The van der Waals surface area contributed by atoms with Crippen LogP contribution >= 0.6 is 0 Å². The minimum Gasteiger partial charge on any atom is -0.381 e. The van der Waals surface area contributed by atoms with Crippen molar-refractivity contribution in [1.29, 1.82) is 0 Å². The van der Waals surface area contributed by atoms with Crippen LogP contribution in [-0.2, 0) is 4.74 Å². The first-order chi connectivity index (χ1) is 3.91. The largest absolute Gasteiger partial charge is 0.381 e. The molecule has 1 fully saturated rings. The van der Waals surface area contributed by atoms with Crippen LogP contribution in [0, 0.1) is 0 Å². The molecular formula is C4H8O. The van der Waals surface area contributed by atoms with E-state index >= 15 is 0 Å². The average molecular weight is 76.1 g/mol. The predicted molar refractivity (Wildman–Crippen MR) is 20.1 cm³/mol. The zero-order chi connectivity index (χ0) is 7.12. The van der Waals surface area contributed by atoms with Gasteiger partial charge in [0.05, 0.1) is 5.48 Å². The van der Waals surface area contributed by atoms with Gasteiger partial charge in [-0.05, 0) is 12.8 Å². The Morgan fingerprint density at radius 2 is 2.00 bits per heavy atom. The smallest absolute Gasteiger partial charge is 0.0567 e. The molecule has 0 aromatic heterocycles. The van der Waals surface area contributed by atoms with Crippen molar-refractivity contribution in [1.82, 2.24) is 0 Å². The van der Waals surface area contributed by atoms with Crippen LogP contribution in [0.4, 0.5) is 0 Å². The number of ether oxygens (including phenoxy) is 1. The molecule has 1 aliphatic heterocycles. The second-order valence-electron chi connectivity index (χ2n) is 0.891. The molecule has 0 atom stereocenters. The highest BCUT2D eigenvalue weighted by Crippen LogP contribution is 1.98. The molecule has 0 aromatic rings. The van der Waals surface area contributed by atoms with E-state index in [0.29, 0.717) is 0 Å². The maximum Gasteiger partial charge on any atom is 0.0567 e. The summed E-state index contributed by atoms with van der Waals surface area (Å²) < 4.78 is 32.2. The molecule has 1 heterocycles. The van der Waals surface area contributed by atoms with E-state index in [1.165, 1.54) is 0 Å². The molecule has 0 unspecified atom stereocenters. The third kappa shape index (κ3) is 0.618. The van der Waals surface area contributed by atoms with Crippen molar-refractivity contribution in [3.8, 4) is 0 Å². The summed E-state index contributed by atoms with van der Waals surface area (Å²) in [6.45, 7) is -3.49. The summed E-state index contributed by atoms with van der Waals surface area (Å²) in [6, 6.07) is 0. The Labute approximate surface area is 37.6 Å². The highest BCUT2D eigenvalue weighted by atomic mass is 16.5. The van der Waals surface area contributed by atoms with E-state index in [0.717, 1.165) is 0 Å². The van der Waals surface area contributed by atoms with Crippen LogP contribution in [0.5, 0.6) is 0 Å². The van der Waals surface area contributed by atoms with Crippen molar-refractivity contribution >= 4 is 0 Å². The fourth-order valence-corrected chi connectivity index (χ4v) is 0.255. The summed E-state index contributed by atoms with van der Waals surface area (Å²) in [5, 5.41) is 0. The van der Waals surface area contributed by atoms with Crippen LogP contribution < -0.4 is 0 Å². The van der Waals surface area contributed by atoms with Crippen molar-refractivity contribution in [2.75, 3.05) is 13.1 Å². The average Bonchev–Trinajstić information content (AvgIpc) is 1.78. The zero-order valence-electron chi connectivity index (χ0n) is 6.82. The highest BCUT2D eigenvalue weighted by Gasteiger charge is 1.94. The third-order valence-electron chi connectivity index (χ3n) is 0.473. The molecule has 5 heavy (non-hydrogen) atoms. The minimum atomic E-state index is -1.75. The molecule has 1 heteroatoms. The molecule has 0 saturated carbocycles. The van der Waals surface area contributed by atoms with Gasteiger partial charge < -0.3 is 4.74 Å². The first-order valence-electron chi connectivity index (χ1n) is 3.62. The van der Waals surface area contributed by atoms with Crippen molar-refractivity contribution in [2.24, 2.45) is 0 Å². The topological polar surface area (TPSA) is 9.23 Å². The molecule has 1 aliphatic rings. The first kappa shape index (κ1) is 0.969. The van der Waals surface area contributed by atoms with Gasteiger partial charge in [0.2, 0.25) is 0 Å². The van der Waals surface area contributed by atoms with Crippen molar-refractivity contribution in [3.63, 3.8) is 0 Å². The molecular weight excluding hydrogens is 64.0 g/mol. The normalized spacial score (nSPS) is 56.0. The quantitative estimate of drug-likeness (QED) is 0.414. The second-order valence-corrected chi connectivity index (χ2v) is 0.891. The van der Waals surface area contributed by atoms with E-state index in [1.807, 2.05) is 0 Å². The molecule has 0 N–H and O–H groups in total. The summed E-state index contributed by atoms with van der Waals surface area (Å²) >= 11 is 0. The van der Waals surface area contributed by atoms with E-state index < -0.39 is 13.1 Å². The number of hydrogen-bond donors (Lipinski definition) is 0. The molecule has 1 saturated heterocycles. The number of hydrogen-bond acceptors (Lipinski definition) is 1. The van der Waals surface area contributed by atoms with Crippen LogP contribution in [0.1, 0.15) is 18.3 Å². The maximum absolute atomic E-state index is 6.95. The summed E-state index contributed by atoms with van der Waals surface area (Å²) in [5.41, 5.74) is 0. The zero-order valence-corrected chi connectivity index (χ0v) is 2.82. The summed E-state index contributed by atoms with van der Waals surface area (Å²) in [6.07, 6.45) is 0.306. The summed E-state index contributed by atoms with van der Waals surface area (Å²) in [7, 11) is 0. The van der Waals surface area contributed by atoms with Crippen molar-refractivity contribution in [3.05, 3.63) is 0 Å². The van der Waals surface area contributed by atoms with Crippen LogP contribution in [0.2, 0.25) is 0 Å². The van der Waals surface area contributed by atoms with Crippen molar-refractivity contribution < 1.29 is 10.2 Å². The maximum atomic E-state index is 6.95. The van der Waals surface area contributed by atoms with Gasteiger partial charge in [-0.3, -0.25) is 0 Å². The van der Waals surface area contributed by atoms with Gasteiger partial charge in [-0.2, -0.15) is 0 Å². The Bertz CT molecular complexity index is 108. The fraction of sp³-hybridized carbons (Fsp3) is 1.00. The lowest BCUT2D eigenvalue weighted by Gasteiger charge is -1.76. The lowest BCUT2D eigenvalue weighted by Crippen LogP contribution is -1.74. The Balaban J connectivity index is 2.58. The summed E-state index contributed by atoms with van der Waals surface area (Å²) in [5.74, 6) is 0. The Morgan fingerprint density at radius 3 is 2.20 bits per heavy atom. The van der Waals surface area contributed by atoms with E-state index in [9.17, 15) is 0 Å². The van der Waals surface area contributed by atoms with Gasteiger partial charge in [-0.25, -0.2) is 0 Å².